The summed E-state index contributed by atoms with van der Waals surface area (Å²) >= 11 is 1.49. The number of fused-ring (bicyclic) bond motifs is 1. The Morgan fingerprint density at radius 1 is 1.11 bits per heavy atom. The zero-order chi connectivity index (χ0) is 13.2. The number of nitrogens with one attached hydrogen (secondary N) is 1. The molecule has 2 aromatic carbocycles. The molecule has 0 fully saturated rings. The minimum Gasteiger partial charge on any atom is -0.398 e. The molecular weight excluding hydrogens is 254 g/mol. The number of benzene rings is 2. The van der Waals surface area contributed by atoms with Crippen molar-refractivity contribution in [3.8, 4) is 0 Å². The van der Waals surface area contributed by atoms with Gasteiger partial charge in [0.1, 0.15) is 5.00 Å². The molecule has 3 N–H and O–H groups in total. The average molecular weight is 269 g/mol. The summed E-state index contributed by atoms with van der Waals surface area (Å²) in [5.41, 5.74) is 8.97. The van der Waals surface area contributed by atoms with Crippen molar-refractivity contribution in [3.05, 3.63) is 54.1 Å². The third-order valence-corrected chi connectivity index (χ3v) is 4.00. The van der Waals surface area contributed by atoms with Gasteiger partial charge in [0.05, 0.1) is 11.6 Å². The molecule has 3 aromatic rings. The summed E-state index contributed by atoms with van der Waals surface area (Å²) in [6, 6.07) is 16.2. The van der Waals surface area contributed by atoms with E-state index >= 15 is 0 Å². The van der Waals surface area contributed by atoms with Crippen molar-refractivity contribution in [1.29, 1.82) is 0 Å². The molecule has 0 aliphatic heterocycles. The number of hydrogen-bond donors (Lipinski definition) is 2. The van der Waals surface area contributed by atoms with Crippen LogP contribution in [0.1, 0.15) is 18.5 Å². The zero-order valence-electron chi connectivity index (χ0n) is 10.6. The quantitative estimate of drug-likeness (QED) is 0.705. The van der Waals surface area contributed by atoms with Gasteiger partial charge in [0.25, 0.3) is 0 Å². The Labute approximate surface area is 116 Å². The largest absolute Gasteiger partial charge is 0.398 e. The van der Waals surface area contributed by atoms with Gasteiger partial charge in [-0.1, -0.05) is 30.3 Å². The molecule has 4 heteroatoms. The molecular formula is C15H15N3S. The molecule has 3 rings (SSSR count). The molecule has 1 atom stereocenters. The van der Waals surface area contributed by atoms with E-state index in [1.807, 2.05) is 36.4 Å². The van der Waals surface area contributed by atoms with Crippen LogP contribution in [0, 0.1) is 0 Å². The molecule has 0 saturated carbocycles. The van der Waals surface area contributed by atoms with Gasteiger partial charge in [-0.25, -0.2) is 0 Å². The summed E-state index contributed by atoms with van der Waals surface area (Å²) in [6.07, 6.45) is 0. The average Bonchev–Trinajstić information content (AvgIpc) is 2.83. The zero-order valence-corrected chi connectivity index (χ0v) is 11.4. The molecule has 1 heterocycles. The van der Waals surface area contributed by atoms with E-state index in [1.165, 1.54) is 11.5 Å². The van der Waals surface area contributed by atoms with E-state index in [0.717, 1.165) is 27.2 Å². The van der Waals surface area contributed by atoms with Gasteiger partial charge in [-0.15, -0.1) is 0 Å². The monoisotopic (exact) mass is 269 g/mol. The Morgan fingerprint density at radius 3 is 2.68 bits per heavy atom. The molecule has 0 aliphatic carbocycles. The summed E-state index contributed by atoms with van der Waals surface area (Å²) < 4.78 is 4.44. The maximum absolute atomic E-state index is 6.01. The van der Waals surface area contributed by atoms with Crippen LogP contribution in [0.25, 0.3) is 10.9 Å². The molecule has 3 nitrogen and oxygen atoms in total. The number of aromatic nitrogens is 1. The van der Waals surface area contributed by atoms with Gasteiger partial charge < -0.3 is 11.1 Å². The fourth-order valence-electron chi connectivity index (χ4n) is 2.17. The second kappa shape index (κ2) is 4.90. The molecule has 96 valence electrons. The SMILES string of the molecule is CC(Nc1snc2ccccc12)c1ccccc1N. The highest BCUT2D eigenvalue weighted by atomic mass is 32.1. The van der Waals surface area contributed by atoms with E-state index in [1.54, 1.807) is 0 Å². The van der Waals surface area contributed by atoms with Crippen LogP contribution < -0.4 is 11.1 Å². The van der Waals surface area contributed by atoms with Crippen molar-refractivity contribution in [2.24, 2.45) is 0 Å². The van der Waals surface area contributed by atoms with Crippen LogP contribution in [0.15, 0.2) is 48.5 Å². The Bertz CT molecular complexity index is 705. The molecule has 19 heavy (non-hydrogen) atoms. The van der Waals surface area contributed by atoms with Gasteiger partial charge in [0.2, 0.25) is 0 Å². The molecule has 0 spiro atoms. The van der Waals surface area contributed by atoms with Crippen molar-refractivity contribution in [2.75, 3.05) is 11.1 Å². The van der Waals surface area contributed by atoms with Gasteiger partial charge in [0.15, 0.2) is 0 Å². The van der Waals surface area contributed by atoms with Crippen LogP contribution in [-0.2, 0) is 0 Å². The second-order valence-corrected chi connectivity index (χ2v) is 5.30. The number of para-hydroxylation sites is 1. The summed E-state index contributed by atoms with van der Waals surface area (Å²) in [4.78, 5) is 0. The maximum Gasteiger partial charge on any atom is 0.117 e. The topological polar surface area (TPSA) is 50.9 Å². The summed E-state index contributed by atoms with van der Waals surface area (Å²) in [6.45, 7) is 2.11. The second-order valence-electron chi connectivity index (χ2n) is 4.52. The minimum absolute atomic E-state index is 0.157. The Hall–Kier alpha value is -2.07. The first-order valence-electron chi connectivity index (χ1n) is 6.21. The van der Waals surface area contributed by atoms with Crippen molar-refractivity contribution >= 4 is 33.1 Å². The highest BCUT2D eigenvalue weighted by molar-refractivity contribution is 7.11. The van der Waals surface area contributed by atoms with E-state index < -0.39 is 0 Å². The Kier molecular flexibility index (Phi) is 3.09. The number of nitrogens with zero attached hydrogens (tertiary/aromatic N) is 1. The van der Waals surface area contributed by atoms with Crippen molar-refractivity contribution < 1.29 is 0 Å². The predicted molar refractivity (Wildman–Crippen MR) is 82.5 cm³/mol. The molecule has 0 aliphatic rings. The number of nitrogen functional groups attached to an aromatic ring is 1. The van der Waals surface area contributed by atoms with Crippen LogP contribution in [0.4, 0.5) is 10.7 Å². The van der Waals surface area contributed by atoms with Crippen LogP contribution in [0.3, 0.4) is 0 Å². The predicted octanol–water partition coefficient (Wildman–Crippen LogP) is 4.05. The standard InChI is InChI=1S/C15H15N3S/c1-10(11-6-2-4-8-13(11)16)17-15-12-7-3-5-9-14(12)18-19-15/h2-10,17H,16H2,1H3. The number of hydrogen-bond acceptors (Lipinski definition) is 4. The first-order valence-corrected chi connectivity index (χ1v) is 6.98. The van der Waals surface area contributed by atoms with Crippen molar-refractivity contribution in [2.45, 2.75) is 13.0 Å². The lowest BCUT2D eigenvalue weighted by atomic mass is 10.1. The summed E-state index contributed by atoms with van der Waals surface area (Å²) in [5, 5.41) is 5.75. The fraction of sp³-hybridized carbons (Fsp3) is 0.133. The van der Waals surface area contributed by atoms with E-state index in [-0.39, 0.29) is 6.04 Å². The van der Waals surface area contributed by atoms with Crippen LogP contribution in [0.2, 0.25) is 0 Å². The lowest BCUT2D eigenvalue weighted by Crippen LogP contribution is -2.08. The van der Waals surface area contributed by atoms with Gasteiger partial charge in [0, 0.05) is 11.1 Å². The third-order valence-electron chi connectivity index (χ3n) is 3.19. The van der Waals surface area contributed by atoms with Gasteiger partial charge in [-0.2, -0.15) is 4.37 Å². The summed E-state index contributed by atoms with van der Waals surface area (Å²) in [7, 11) is 0. The summed E-state index contributed by atoms with van der Waals surface area (Å²) in [5.74, 6) is 0. The molecule has 0 bridgehead atoms. The number of anilines is 2. The van der Waals surface area contributed by atoms with Crippen molar-refractivity contribution in [3.63, 3.8) is 0 Å². The molecule has 0 radical (unpaired) electrons. The minimum atomic E-state index is 0.157. The van der Waals surface area contributed by atoms with Crippen LogP contribution in [0.5, 0.6) is 0 Å². The Morgan fingerprint density at radius 2 is 1.84 bits per heavy atom. The van der Waals surface area contributed by atoms with E-state index in [9.17, 15) is 0 Å². The molecule has 1 aromatic heterocycles. The fourth-order valence-corrected chi connectivity index (χ4v) is 3.02. The maximum atomic E-state index is 6.01. The van der Waals surface area contributed by atoms with Gasteiger partial charge >= 0.3 is 0 Å². The Balaban J connectivity index is 1.91. The third kappa shape index (κ3) is 2.27. The van der Waals surface area contributed by atoms with Gasteiger partial charge in [-0.3, -0.25) is 0 Å². The first kappa shape index (κ1) is 12.0. The van der Waals surface area contributed by atoms with Crippen LogP contribution >= 0.6 is 11.5 Å². The highest BCUT2D eigenvalue weighted by Crippen LogP contribution is 2.31. The number of nitrogens with two attached hydrogens (primary N) is 1. The molecule has 1 unspecified atom stereocenters. The lowest BCUT2D eigenvalue weighted by Gasteiger charge is -2.16. The molecule has 0 amide bonds. The van der Waals surface area contributed by atoms with Crippen LogP contribution in [-0.4, -0.2) is 4.37 Å². The number of rotatable bonds is 3. The van der Waals surface area contributed by atoms with Crippen molar-refractivity contribution in [1.82, 2.24) is 4.37 Å². The van der Waals surface area contributed by atoms with E-state index in [4.69, 9.17) is 5.73 Å². The lowest BCUT2D eigenvalue weighted by molar-refractivity contribution is 0.894. The van der Waals surface area contributed by atoms with E-state index in [0.29, 0.717) is 0 Å². The first-order chi connectivity index (χ1) is 9.25. The normalized spacial score (nSPS) is 12.5. The smallest absolute Gasteiger partial charge is 0.117 e. The van der Waals surface area contributed by atoms with Gasteiger partial charge in [-0.05, 0) is 42.2 Å². The molecule has 0 saturated heterocycles. The van der Waals surface area contributed by atoms with E-state index in [2.05, 4.69) is 28.7 Å². The highest BCUT2D eigenvalue weighted by Gasteiger charge is 2.11.